The highest BCUT2D eigenvalue weighted by Gasteiger charge is 2.10. The summed E-state index contributed by atoms with van der Waals surface area (Å²) in [5.74, 6) is 0. The summed E-state index contributed by atoms with van der Waals surface area (Å²) in [6.07, 6.45) is 9.89. The maximum absolute atomic E-state index is 5.57. The van der Waals surface area contributed by atoms with Gasteiger partial charge >= 0.3 is 0 Å². The van der Waals surface area contributed by atoms with Crippen LogP contribution in [-0.4, -0.2) is 6.10 Å². The van der Waals surface area contributed by atoms with Crippen molar-refractivity contribution in [3.8, 4) is 0 Å². The molecule has 0 N–H and O–H groups in total. The van der Waals surface area contributed by atoms with Gasteiger partial charge in [0, 0.05) is 0 Å². The number of hydrogen-bond acceptors (Lipinski definition) is 1. The van der Waals surface area contributed by atoms with Crippen LogP contribution in [0.2, 0.25) is 0 Å². The molecule has 1 aliphatic rings. The van der Waals surface area contributed by atoms with Gasteiger partial charge in [0.25, 0.3) is 0 Å². The van der Waals surface area contributed by atoms with Crippen molar-refractivity contribution in [1.82, 2.24) is 0 Å². The molecular weight excluding hydrogens is 196 g/mol. The summed E-state index contributed by atoms with van der Waals surface area (Å²) in [5.41, 5.74) is 2.54. The number of rotatable bonds is 4. The SMILES string of the molecule is CCCCC1C=C(c2ccccc2)C=CO1. The van der Waals surface area contributed by atoms with E-state index < -0.39 is 0 Å². The summed E-state index contributed by atoms with van der Waals surface area (Å²) >= 11 is 0. The van der Waals surface area contributed by atoms with Crippen LogP contribution in [0.25, 0.3) is 5.57 Å². The summed E-state index contributed by atoms with van der Waals surface area (Å²) in [7, 11) is 0. The van der Waals surface area contributed by atoms with Gasteiger partial charge in [0.15, 0.2) is 0 Å². The van der Waals surface area contributed by atoms with E-state index in [1.807, 2.05) is 18.4 Å². The monoisotopic (exact) mass is 214 g/mol. The van der Waals surface area contributed by atoms with Gasteiger partial charge in [-0.2, -0.15) is 0 Å². The fourth-order valence-electron chi connectivity index (χ4n) is 1.89. The molecule has 0 saturated heterocycles. The van der Waals surface area contributed by atoms with Crippen LogP contribution in [0.3, 0.4) is 0 Å². The Morgan fingerprint density at radius 1 is 1.19 bits per heavy atom. The van der Waals surface area contributed by atoms with Crippen LogP contribution in [0.1, 0.15) is 31.7 Å². The molecule has 0 saturated carbocycles. The molecule has 0 bridgehead atoms. The van der Waals surface area contributed by atoms with Crippen molar-refractivity contribution in [2.45, 2.75) is 32.3 Å². The zero-order valence-corrected chi connectivity index (χ0v) is 9.73. The van der Waals surface area contributed by atoms with E-state index in [9.17, 15) is 0 Å². The Bertz CT molecular complexity index is 376. The summed E-state index contributed by atoms with van der Waals surface area (Å²) in [6, 6.07) is 10.5. The molecule has 1 aliphatic heterocycles. The molecule has 1 aromatic carbocycles. The first-order valence-electron chi connectivity index (χ1n) is 5.99. The minimum absolute atomic E-state index is 0.250. The van der Waals surface area contributed by atoms with Gasteiger partial charge in [-0.15, -0.1) is 0 Å². The van der Waals surface area contributed by atoms with Gasteiger partial charge in [-0.1, -0.05) is 43.7 Å². The van der Waals surface area contributed by atoms with Crippen LogP contribution in [0.4, 0.5) is 0 Å². The van der Waals surface area contributed by atoms with E-state index in [0.29, 0.717) is 0 Å². The molecule has 0 amide bonds. The van der Waals surface area contributed by atoms with Crippen LogP contribution < -0.4 is 0 Å². The summed E-state index contributed by atoms with van der Waals surface area (Å²) < 4.78 is 5.57. The Morgan fingerprint density at radius 2 is 2.00 bits per heavy atom. The number of hydrogen-bond donors (Lipinski definition) is 0. The lowest BCUT2D eigenvalue weighted by Crippen LogP contribution is -2.09. The van der Waals surface area contributed by atoms with Crippen LogP contribution in [0.5, 0.6) is 0 Å². The highest BCUT2D eigenvalue weighted by atomic mass is 16.5. The lowest BCUT2D eigenvalue weighted by molar-refractivity contribution is 0.172. The summed E-state index contributed by atoms with van der Waals surface area (Å²) in [6.45, 7) is 2.21. The first kappa shape index (κ1) is 11.0. The van der Waals surface area contributed by atoms with Crippen molar-refractivity contribution in [3.05, 3.63) is 54.3 Å². The third-order valence-corrected chi connectivity index (χ3v) is 2.82. The number of benzene rings is 1. The lowest BCUT2D eigenvalue weighted by Gasteiger charge is -2.18. The minimum Gasteiger partial charge on any atom is -0.494 e. The molecule has 1 aromatic rings. The summed E-state index contributed by atoms with van der Waals surface area (Å²) in [5, 5.41) is 0. The van der Waals surface area contributed by atoms with Gasteiger partial charge in [-0.3, -0.25) is 0 Å². The van der Waals surface area contributed by atoms with Crippen molar-refractivity contribution in [3.63, 3.8) is 0 Å². The normalized spacial score (nSPS) is 19.1. The van der Waals surface area contributed by atoms with E-state index in [4.69, 9.17) is 4.74 Å². The van der Waals surface area contributed by atoms with E-state index >= 15 is 0 Å². The molecule has 0 aliphatic carbocycles. The third-order valence-electron chi connectivity index (χ3n) is 2.82. The van der Waals surface area contributed by atoms with Gasteiger partial charge in [0.1, 0.15) is 6.10 Å². The smallest absolute Gasteiger partial charge is 0.117 e. The quantitative estimate of drug-likeness (QED) is 0.730. The van der Waals surface area contributed by atoms with E-state index in [2.05, 4.69) is 37.3 Å². The molecule has 84 valence electrons. The molecule has 0 aromatic heterocycles. The van der Waals surface area contributed by atoms with Crippen molar-refractivity contribution in [2.75, 3.05) is 0 Å². The van der Waals surface area contributed by atoms with Gasteiger partial charge in [-0.05, 0) is 36.1 Å². The molecule has 1 nitrogen and oxygen atoms in total. The standard InChI is InChI=1S/C15H18O/c1-2-3-9-15-12-14(10-11-16-15)13-7-5-4-6-8-13/h4-8,10-12,15H,2-3,9H2,1H3. The minimum atomic E-state index is 0.250. The zero-order valence-electron chi connectivity index (χ0n) is 9.73. The Balaban J connectivity index is 2.09. The third kappa shape index (κ3) is 2.75. The second-order valence-electron chi connectivity index (χ2n) is 4.11. The fraction of sp³-hybridized carbons (Fsp3) is 0.333. The predicted octanol–water partition coefficient (Wildman–Crippen LogP) is 4.17. The average molecular weight is 214 g/mol. The molecule has 2 rings (SSSR count). The molecule has 0 radical (unpaired) electrons. The van der Waals surface area contributed by atoms with E-state index in [1.54, 1.807) is 0 Å². The molecule has 16 heavy (non-hydrogen) atoms. The van der Waals surface area contributed by atoms with Crippen molar-refractivity contribution in [2.24, 2.45) is 0 Å². The topological polar surface area (TPSA) is 9.23 Å². The van der Waals surface area contributed by atoms with Crippen molar-refractivity contribution >= 4 is 5.57 Å². The number of unbranched alkanes of at least 4 members (excludes halogenated alkanes) is 1. The van der Waals surface area contributed by atoms with Gasteiger partial charge < -0.3 is 4.74 Å². The molecule has 1 heterocycles. The molecule has 1 atom stereocenters. The van der Waals surface area contributed by atoms with E-state index in [-0.39, 0.29) is 6.10 Å². The number of ether oxygens (including phenoxy) is 1. The van der Waals surface area contributed by atoms with Crippen molar-refractivity contribution < 1.29 is 4.74 Å². The average Bonchev–Trinajstić information content (AvgIpc) is 2.38. The van der Waals surface area contributed by atoms with Crippen molar-refractivity contribution in [1.29, 1.82) is 0 Å². The summed E-state index contributed by atoms with van der Waals surface area (Å²) in [4.78, 5) is 0. The Kier molecular flexibility index (Phi) is 3.81. The highest BCUT2D eigenvalue weighted by molar-refractivity contribution is 5.74. The molecular formula is C15H18O. The lowest BCUT2D eigenvalue weighted by atomic mass is 10.0. The fourth-order valence-corrected chi connectivity index (χ4v) is 1.89. The number of allylic oxidation sites excluding steroid dienone is 2. The Labute approximate surface area is 97.4 Å². The van der Waals surface area contributed by atoms with Gasteiger partial charge in [0.2, 0.25) is 0 Å². The zero-order chi connectivity index (χ0) is 11.2. The van der Waals surface area contributed by atoms with Crippen LogP contribution in [-0.2, 0) is 4.74 Å². The molecule has 0 spiro atoms. The maximum Gasteiger partial charge on any atom is 0.117 e. The first-order chi connectivity index (χ1) is 7.90. The molecule has 1 heteroatoms. The Hall–Kier alpha value is -1.50. The second kappa shape index (κ2) is 5.55. The first-order valence-corrected chi connectivity index (χ1v) is 5.99. The Morgan fingerprint density at radius 3 is 2.75 bits per heavy atom. The van der Waals surface area contributed by atoms with Crippen LogP contribution in [0, 0.1) is 0 Å². The van der Waals surface area contributed by atoms with E-state index in [0.717, 1.165) is 6.42 Å². The highest BCUT2D eigenvalue weighted by Crippen LogP contribution is 2.22. The van der Waals surface area contributed by atoms with Crippen LogP contribution in [0.15, 0.2) is 48.7 Å². The van der Waals surface area contributed by atoms with Crippen LogP contribution >= 0.6 is 0 Å². The molecule has 0 fully saturated rings. The van der Waals surface area contributed by atoms with Gasteiger partial charge in [-0.25, -0.2) is 0 Å². The van der Waals surface area contributed by atoms with Gasteiger partial charge in [0.05, 0.1) is 6.26 Å². The largest absolute Gasteiger partial charge is 0.494 e. The molecule has 1 unspecified atom stereocenters. The van der Waals surface area contributed by atoms with E-state index in [1.165, 1.54) is 24.0 Å². The second-order valence-corrected chi connectivity index (χ2v) is 4.11. The maximum atomic E-state index is 5.57. The predicted molar refractivity (Wildman–Crippen MR) is 68.0 cm³/mol.